The van der Waals surface area contributed by atoms with Crippen LogP contribution in [0.2, 0.25) is 0 Å². The van der Waals surface area contributed by atoms with Crippen LogP contribution in [-0.4, -0.2) is 11.6 Å². The second-order valence-electron chi connectivity index (χ2n) is 9.71. The molecule has 0 unspecified atom stereocenters. The first-order valence-corrected chi connectivity index (χ1v) is 12.9. The fourth-order valence-electron chi connectivity index (χ4n) is 5.76. The molecule has 0 saturated heterocycles. The molecule has 0 fully saturated rings. The van der Waals surface area contributed by atoms with E-state index in [1.165, 1.54) is 53.2 Å². The average Bonchev–Trinajstić information content (AvgIpc) is 2.95. The van der Waals surface area contributed by atoms with E-state index in [-0.39, 0.29) is 11.6 Å². The van der Waals surface area contributed by atoms with Gasteiger partial charge in [0.1, 0.15) is 0 Å². The van der Waals surface area contributed by atoms with Crippen LogP contribution in [0, 0.1) is 0 Å². The Balaban J connectivity index is 0.000000137. The predicted molar refractivity (Wildman–Crippen MR) is 147 cm³/mol. The van der Waals surface area contributed by atoms with Crippen molar-refractivity contribution in [3.05, 3.63) is 136 Å². The average molecular weight is 469 g/mol. The van der Waals surface area contributed by atoms with E-state index in [0.717, 1.165) is 6.42 Å². The summed E-state index contributed by atoms with van der Waals surface area (Å²) in [7, 11) is 0. The summed E-state index contributed by atoms with van der Waals surface area (Å²) in [5.74, 6) is -0.128. The van der Waals surface area contributed by atoms with Gasteiger partial charge in [0.25, 0.3) is 0 Å². The fourth-order valence-corrected chi connectivity index (χ4v) is 5.76. The molecule has 0 aliphatic heterocycles. The molecule has 0 saturated carbocycles. The second-order valence-corrected chi connectivity index (χ2v) is 9.71. The molecule has 4 aromatic rings. The molecular weight excluding hydrogens is 440 g/mol. The molecule has 176 valence electrons. The number of ketones is 2. The third-order valence-electron chi connectivity index (χ3n) is 7.68. The van der Waals surface area contributed by atoms with Gasteiger partial charge in [-0.15, -0.1) is 0 Å². The molecule has 7 rings (SSSR count). The number of hydrogen-bond donors (Lipinski definition) is 0. The molecule has 0 N–H and O–H groups in total. The second kappa shape index (κ2) is 9.20. The van der Waals surface area contributed by atoms with Crippen molar-refractivity contribution in [2.75, 3.05) is 0 Å². The molecule has 0 amide bonds. The van der Waals surface area contributed by atoms with Gasteiger partial charge in [0, 0.05) is 22.3 Å². The van der Waals surface area contributed by atoms with Crippen LogP contribution in [0.25, 0.3) is 16.3 Å². The normalized spacial score (nSPS) is 15.5. The highest BCUT2D eigenvalue weighted by Crippen LogP contribution is 2.40. The Labute approximate surface area is 212 Å². The summed E-state index contributed by atoms with van der Waals surface area (Å²) in [6, 6.07) is 25.6. The van der Waals surface area contributed by atoms with Gasteiger partial charge in [-0.05, 0) is 65.1 Å². The molecule has 0 bridgehead atoms. The highest BCUT2D eigenvalue weighted by molar-refractivity contribution is 6.28. The van der Waals surface area contributed by atoms with Gasteiger partial charge in [0.15, 0.2) is 11.6 Å². The van der Waals surface area contributed by atoms with Crippen molar-refractivity contribution in [2.24, 2.45) is 0 Å². The fraction of sp³-hybridized carbons (Fsp3) is 0.176. The number of allylic oxidation sites excluding steroid dienone is 4. The number of carbonyl (C=O) groups is 2. The smallest absolute Gasteiger partial charge is 0.194 e. The molecule has 2 heteroatoms. The number of carbonyl (C=O) groups excluding carboxylic acids is 2. The molecule has 2 nitrogen and oxygen atoms in total. The molecule has 0 heterocycles. The standard InChI is InChI=1S/C20H20.C14H8O2/c1-2-14-7-10-18-16(13-14)9-12-19-17-6-4-3-5-15(17)8-11-20(18)19;15-13-9-5-1-2-6-10(9)14(16)12-8-4-3-7-11(12)13/h4,6-7,9-10,12-13H,2-3,5,8,11H2,1H3;1-8H. The Morgan fingerprint density at radius 2 is 1.31 bits per heavy atom. The van der Waals surface area contributed by atoms with Crippen LogP contribution < -0.4 is 0 Å². The van der Waals surface area contributed by atoms with Crippen molar-refractivity contribution in [1.82, 2.24) is 0 Å². The van der Waals surface area contributed by atoms with E-state index in [9.17, 15) is 9.59 Å². The molecule has 0 aromatic heterocycles. The predicted octanol–water partition coefficient (Wildman–Crippen LogP) is 7.91. The first kappa shape index (κ1) is 22.4. The minimum absolute atomic E-state index is 0.0641. The van der Waals surface area contributed by atoms with E-state index in [2.05, 4.69) is 49.4 Å². The lowest BCUT2D eigenvalue weighted by molar-refractivity contribution is 0.0979. The van der Waals surface area contributed by atoms with E-state index in [0.29, 0.717) is 22.3 Å². The zero-order chi connectivity index (χ0) is 24.6. The van der Waals surface area contributed by atoms with Crippen LogP contribution in [-0.2, 0) is 12.8 Å². The van der Waals surface area contributed by atoms with Crippen molar-refractivity contribution in [1.29, 1.82) is 0 Å². The van der Waals surface area contributed by atoms with Crippen molar-refractivity contribution in [3.8, 4) is 0 Å². The van der Waals surface area contributed by atoms with Gasteiger partial charge in [0.05, 0.1) is 0 Å². The number of aryl methyl sites for hydroxylation is 2. The monoisotopic (exact) mass is 468 g/mol. The lowest BCUT2D eigenvalue weighted by Gasteiger charge is -2.25. The summed E-state index contributed by atoms with van der Waals surface area (Å²) in [4.78, 5) is 24.2. The molecule has 36 heavy (non-hydrogen) atoms. The first-order chi connectivity index (χ1) is 17.7. The SMILES string of the molecule is CCc1ccc2c3c(ccc2c1)C1=C(CCC=C1)CC3.O=C1c2ccccc2C(=O)c2ccccc21. The third kappa shape index (κ3) is 3.74. The van der Waals surface area contributed by atoms with Crippen molar-refractivity contribution >= 4 is 27.9 Å². The Kier molecular flexibility index (Phi) is 5.73. The Morgan fingerprint density at radius 3 is 1.92 bits per heavy atom. The molecular formula is C34H28O2. The van der Waals surface area contributed by atoms with Crippen molar-refractivity contribution < 1.29 is 9.59 Å². The Hall–Kier alpha value is -4.04. The van der Waals surface area contributed by atoms with Gasteiger partial charge in [-0.3, -0.25) is 9.59 Å². The summed E-state index contributed by atoms with van der Waals surface area (Å²) in [6.45, 7) is 2.23. The minimum atomic E-state index is -0.0641. The maximum Gasteiger partial charge on any atom is 0.194 e. The first-order valence-electron chi connectivity index (χ1n) is 12.9. The minimum Gasteiger partial charge on any atom is -0.289 e. The lowest BCUT2D eigenvalue weighted by Crippen LogP contribution is -2.20. The number of rotatable bonds is 1. The van der Waals surface area contributed by atoms with Gasteiger partial charge < -0.3 is 0 Å². The highest BCUT2D eigenvalue weighted by atomic mass is 16.1. The topological polar surface area (TPSA) is 34.1 Å². The summed E-state index contributed by atoms with van der Waals surface area (Å²) < 4.78 is 0. The van der Waals surface area contributed by atoms with Crippen molar-refractivity contribution in [2.45, 2.75) is 39.0 Å². The van der Waals surface area contributed by atoms with Crippen molar-refractivity contribution in [3.63, 3.8) is 0 Å². The number of fused-ring (bicyclic) bond motifs is 6. The Bertz CT molecular complexity index is 1490. The summed E-state index contributed by atoms with van der Waals surface area (Å²) in [5.41, 5.74) is 9.69. The number of benzene rings is 4. The van der Waals surface area contributed by atoms with E-state index in [1.807, 2.05) is 0 Å². The highest BCUT2D eigenvalue weighted by Gasteiger charge is 2.28. The van der Waals surface area contributed by atoms with E-state index < -0.39 is 0 Å². The third-order valence-corrected chi connectivity index (χ3v) is 7.68. The summed E-state index contributed by atoms with van der Waals surface area (Å²) in [6.07, 6.45) is 10.7. The maximum absolute atomic E-state index is 12.1. The van der Waals surface area contributed by atoms with Gasteiger partial charge in [-0.1, -0.05) is 104 Å². The summed E-state index contributed by atoms with van der Waals surface area (Å²) >= 11 is 0. The zero-order valence-corrected chi connectivity index (χ0v) is 20.5. The molecule has 3 aliphatic rings. The van der Waals surface area contributed by atoms with Crippen LogP contribution in [0.15, 0.2) is 96.6 Å². The van der Waals surface area contributed by atoms with Crippen LogP contribution in [0.1, 0.15) is 74.7 Å². The Morgan fingerprint density at radius 1 is 0.667 bits per heavy atom. The van der Waals surface area contributed by atoms with E-state index in [4.69, 9.17) is 0 Å². The number of hydrogen-bond acceptors (Lipinski definition) is 2. The molecule has 3 aliphatic carbocycles. The van der Waals surface area contributed by atoms with Gasteiger partial charge >= 0.3 is 0 Å². The van der Waals surface area contributed by atoms with E-state index >= 15 is 0 Å². The molecule has 0 radical (unpaired) electrons. The van der Waals surface area contributed by atoms with Crippen LogP contribution in [0.4, 0.5) is 0 Å². The van der Waals surface area contributed by atoms with Crippen LogP contribution in [0.3, 0.4) is 0 Å². The van der Waals surface area contributed by atoms with Gasteiger partial charge in [-0.2, -0.15) is 0 Å². The molecule has 0 spiro atoms. The molecule has 0 atom stereocenters. The van der Waals surface area contributed by atoms with Crippen LogP contribution in [0.5, 0.6) is 0 Å². The summed E-state index contributed by atoms with van der Waals surface area (Å²) in [5, 5.41) is 2.87. The largest absolute Gasteiger partial charge is 0.289 e. The maximum atomic E-state index is 12.1. The van der Waals surface area contributed by atoms with Gasteiger partial charge in [-0.25, -0.2) is 0 Å². The molecule has 4 aromatic carbocycles. The lowest BCUT2D eigenvalue weighted by atomic mass is 9.79. The quantitative estimate of drug-likeness (QED) is 0.250. The van der Waals surface area contributed by atoms with Gasteiger partial charge in [0.2, 0.25) is 0 Å². The zero-order valence-electron chi connectivity index (χ0n) is 20.5. The van der Waals surface area contributed by atoms with E-state index in [1.54, 1.807) is 59.7 Å². The van der Waals surface area contributed by atoms with Crippen LogP contribution >= 0.6 is 0 Å².